The van der Waals surface area contributed by atoms with Crippen molar-refractivity contribution in [3.05, 3.63) is 0 Å². The molecule has 0 radical (unpaired) electrons. The molecule has 0 amide bonds. The summed E-state index contributed by atoms with van der Waals surface area (Å²) in [7, 11) is -3.19. The van der Waals surface area contributed by atoms with Crippen LogP contribution in [0.3, 0.4) is 0 Å². The van der Waals surface area contributed by atoms with Crippen molar-refractivity contribution in [1.29, 1.82) is 0 Å². The summed E-state index contributed by atoms with van der Waals surface area (Å²) in [6, 6.07) is 0.323. The second kappa shape index (κ2) is 4.63. The van der Waals surface area contributed by atoms with Crippen molar-refractivity contribution in [2.24, 2.45) is 0 Å². The van der Waals surface area contributed by atoms with Crippen LogP contribution >= 0.6 is 0 Å². The maximum absolute atomic E-state index is 12.5. The van der Waals surface area contributed by atoms with E-state index in [0.29, 0.717) is 13.1 Å². The summed E-state index contributed by atoms with van der Waals surface area (Å²) < 4.78 is 28.3. The van der Waals surface area contributed by atoms with E-state index in [-0.39, 0.29) is 12.1 Å². The molecule has 2 aliphatic heterocycles. The van der Waals surface area contributed by atoms with Gasteiger partial charge in [0.2, 0.25) is 0 Å². The number of nitrogens with zero attached hydrogens (tertiary/aromatic N) is 2. The first-order valence-corrected chi connectivity index (χ1v) is 7.72. The molecule has 0 bridgehead atoms. The SMILES string of the molecule is CC1CCCC(C)N1S(=O)(=O)N1CCCC1. The standard InChI is InChI=1S/C11H22N2O2S/c1-10-6-5-7-11(2)13(10)16(14,15)12-8-3-4-9-12/h10-11H,3-9H2,1-2H3. The van der Waals surface area contributed by atoms with Gasteiger partial charge in [-0.1, -0.05) is 6.42 Å². The lowest BCUT2D eigenvalue weighted by molar-refractivity contribution is 0.191. The Morgan fingerprint density at radius 1 is 0.938 bits per heavy atom. The molecule has 94 valence electrons. The van der Waals surface area contributed by atoms with Crippen molar-refractivity contribution >= 4 is 10.2 Å². The highest BCUT2D eigenvalue weighted by molar-refractivity contribution is 7.86. The Morgan fingerprint density at radius 3 is 1.94 bits per heavy atom. The fourth-order valence-corrected chi connectivity index (χ4v) is 5.01. The molecule has 0 N–H and O–H groups in total. The van der Waals surface area contributed by atoms with E-state index in [1.165, 1.54) is 0 Å². The molecule has 0 saturated carbocycles. The molecule has 16 heavy (non-hydrogen) atoms. The first-order valence-electron chi connectivity index (χ1n) is 6.32. The van der Waals surface area contributed by atoms with Gasteiger partial charge in [-0.25, -0.2) is 0 Å². The molecule has 2 unspecified atom stereocenters. The molecule has 0 aromatic carbocycles. The van der Waals surface area contributed by atoms with Gasteiger partial charge in [0, 0.05) is 25.2 Å². The normalized spacial score (nSPS) is 34.4. The number of rotatable bonds is 2. The van der Waals surface area contributed by atoms with Gasteiger partial charge in [0.15, 0.2) is 0 Å². The molecule has 0 aliphatic carbocycles. The second-order valence-electron chi connectivity index (χ2n) is 5.07. The van der Waals surface area contributed by atoms with E-state index in [4.69, 9.17) is 0 Å². The lowest BCUT2D eigenvalue weighted by Gasteiger charge is -2.39. The summed E-state index contributed by atoms with van der Waals surface area (Å²) in [4.78, 5) is 0. The highest BCUT2D eigenvalue weighted by Crippen LogP contribution is 2.28. The Labute approximate surface area is 98.8 Å². The zero-order valence-corrected chi connectivity index (χ0v) is 11.0. The predicted octanol–water partition coefficient (Wildman–Crippen LogP) is 1.59. The van der Waals surface area contributed by atoms with Crippen LogP contribution in [0.1, 0.15) is 46.0 Å². The third-order valence-electron chi connectivity index (χ3n) is 3.77. The molecule has 2 heterocycles. The molecule has 2 atom stereocenters. The van der Waals surface area contributed by atoms with E-state index in [9.17, 15) is 8.42 Å². The van der Waals surface area contributed by atoms with E-state index in [1.54, 1.807) is 8.61 Å². The Morgan fingerprint density at radius 2 is 1.44 bits per heavy atom. The van der Waals surface area contributed by atoms with Crippen molar-refractivity contribution in [3.8, 4) is 0 Å². The van der Waals surface area contributed by atoms with Crippen molar-refractivity contribution in [3.63, 3.8) is 0 Å². The third-order valence-corrected chi connectivity index (χ3v) is 6.04. The van der Waals surface area contributed by atoms with E-state index >= 15 is 0 Å². The summed E-state index contributed by atoms with van der Waals surface area (Å²) in [5, 5.41) is 0. The first-order chi connectivity index (χ1) is 7.53. The monoisotopic (exact) mass is 246 g/mol. The summed E-state index contributed by atoms with van der Waals surface area (Å²) >= 11 is 0. The fourth-order valence-electron chi connectivity index (χ4n) is 2.90. The summed E-state index contributed by atoms with van der Waals surface area (Å²) in [5.41, 5.74) is 0. The minimum absolute atomic E-state index is 0.161. The van der Waals surface area contributed by atoms with Crippen molar-refractivity contribution < 1.29 is 8.42 Å². The molecule has 2 saturated heterocycles. The minimum atomic E-state index is -3.19. The van der Waals surface area contributed by atoms with Crippen LogP contribution in [-0.2, 0) is 10.2 Å². The number of piperidine rings is 1. The summed E-state index contributed by atoms with van der Waals surface area (Å²) in [6.07, 6.45) is 5.16. The van der Waals surface area contributed by atoms with Gasteiger partial charge in [0.1, 0.15) is 0 Å². The molecule has 2 aliphatic rings. The third kappa shape index (κ3) is 2.13. The maximum Gasteiger partial charge on any atom is 0.282 e. The molecule has 2 fully saturated rings. The Bertz CT molecular complexity index is 326. The zero-order valence-electron chi connectivity index (χ0n) is 10.2. The predicted molar refractivity (Wildman–Crippen MR) is 64.3 cm³/mol. The van der Waals surface area contributed by atoms with Gasteiger partial charge in [0.25, 0.3) is 10.2 Å². The summed E-state index contributed by atoms with van der Waals surface area (Å²) in [6.45, 7) is 5.48. The van der Waals surface area contributed by atoms with Gasteiger partial charge in [-0.15, -0.1) is 0 Å². The Hall–Kier alpha value is -0.130. The van der Waals surface area contributed by atoms with Crippen molar-refractivity contribution in [1.82, 2.24) is 8.61 Å². The van der Waals surface area contributed by atoms with E-state index in [0.717, 1.165) is 32.1 Å². The quantitative estimate of drug-likeness (QED) is 0.742. The highest BCUT2D eigenvalue weighted by Gasteiger charge is 2.39. The van der Waals surface area contributed by atoms with Crippen LogP contribution in [0.2, 0.25) is 0 Å². The van der Waals surface area contributed by atoms with Gasteiger partial charge in [0.05, 0.1) is 0 Å². The van der Waals surface area contributed by atoms with Crippen LogP contribution in [0, 0.1) is 0 Å². The smallest absolute Gasteiger partial charge is 0.195 e. The zero-order chi connectivity index (χ0) is 11.8. The number of hydrogen-bond acceptors (Lipinski definition) is 2. The Balaban J connectivity index is 2.20. The molecular weight excluding hydrogens is 224 g/mol. The van der Waals surface area contributed by atoms with Crippen LogP contribution < -0.4 is 0 Å². The fraction of sp³-hybridized carbons (Fsp3) is 1.00. The van der Waals surface area contributed by atoms with Gasteiger partial charge < -0.3 is 0 Å². The molecule has 0 spiro atoms. The topological polar surface area (TPSA) is 40.6 Å². The van der Waals surface area contributed by atoms with Gasteiger partial charge in [-0.05, 0) is 39.5 Å². The van der Waals surface area contributed by atoms with Gasteiger partial charge in [-0.3, -0.25) is 0 Å². The van der Waals surface area contributed by atoms with Gasteiger partial charge in [-0.2, -0.15) is 17.0 Å². The van der Waals surface area contributed by atoms with Crippen LogP contribution in [0.4, 0.5) is 0 Å². The highest BCUT2D eigenvalue weighted by atomic mass is 32.2. The summed E-state index contributed by atoms with van der Waals surface area (Å²) in [5.74, 6) is 0. The lowest BCUT2D eigenvalue weighted by atomic mass is 10.0. The van der Waals surface area contributed by atoms with E-state index in [1.807, 2.05) is 13.8 Å². The van der Waals surface area contributed by atoms with Crippen LogP contribution in [0.5, 0.6) is 0 Å². The molecule has 5 heteroatoms. The average molecular weight is 246 g/mol. The van der Waals surface area contributed by atoms with Gasteiger partial charge >= 0.3 is 0 Å². The number of hydrogen-bond donors (Lipinski definition) is 0. The van der Waals surface area contributed by atoms with Crippen molar-refractivity contribution in [2.45, 2.75) is 58.0 Å². The molecule has 0 aromatic heterocycles. The molecule has 4 nitrogen and oxygen atoms in total. The largest absolute Gasteiger partial charge is 0.282 e. The van der Waals surface area contributed by atoms with E-state index in [2.05, 4.69) is 0 Å². The van der Waals surface area contributed by atoms with Crippen LogP contribution in [-0.4, -0.2) is 42.2 Å². The van der Waals surface area contributed by atoms with Crippen molar-refractivity contribution in [2.75, 3.05) is 13.1 Å². The minimum Gasteiger partial charge on any atom is -0.195 e. The average Bonchev–Trinajstić information content (AvgIpc) is 2.69. The lowest BCUT2D eigenvalue weighted by Crippen LogP contribution is -2.52. The van der Waals surface area contributed by atoms with Crippen LogP contribution in [0.15, 0.2) is 0 Å². The molecule has 0 aromatic rings. The second-order valence-corrected chi connectivity index (χ2v) is 6.91. The maximum atomic E-state index is 12.5. The molecule has 2 rings (SSSR count). The first kappa shape index (κ1) is 12.3. The molecular formula is C11H22N2O2S. The van der Waals surface area contributed by atoms with E-state index < -0.39 is 10.2 Å². The Kier molecular flexibility index (Phi) is 3.56. The van der Waals surface area contributed by atoms with Crippen LogP contribution in [0.25, 0.3) is 0 Å².